The molecule has 0 saturated carbocycles. The first kappa shape index (κ1) is 15.0. The largest absolute Gasteiger partial charge is 0.330 e. The van der Waals surface area contributed by atoms with Crippen LogP contribution in [0.4, 0.5) is 0 Å². The molecular formula is C16H24N2O2S. The van der Waals surface area contributed by atoms with Crippen molar-refractivity contribution < 1.29 is 8.42 Å². The van der Waals surface area contributed by atoms with E-state index in [9.17, 15) is 8.42 Å². The SMILES string of the molecule is CC1CCN(S(=O)(=O)c2ccc3c(c2)CCC3)CC1CN. The first-order valence-electron chi connectivity index (χ1n) is 7.84. The molecule has 5 heteroatoms. The molecule has 0 bridgehead atoms. The summed E-state index contributed by atoms with van der Waals surface area (Å²) in [5, 5.41) is 0. The van der Waals surface area contributed by atoms with Crippen molar-refractivity contribution in [3.05, 3.63) is 29.3 Å². The second-order valence-electron chi connectivity index (χ2n) is 6.41. The highest BCUT2D eigenvalue weighted by atomic mass is 32.2. The fraction of sp³-hybridized carbons (Fsp3) is 0.625. The van der Waals surface area contributed by atoms with E-state index < -0.39 is 10.0 Å². The lowest BCUT2D eigenvalue weighted by molar-refractivity contribution is 0.203. The molecule has 0 radical (unpaired) electrons. The van der Waals surface area contributed by atoms with Gasteiger partial charge in [-0.1, -0.05) is 13.0 Å². The lowest BCUT2D eigenvalue weighted by Crippen LogP contribution is -2.45. The number of nitrogens with two attached hydrogens (primary N) is 1. The maximum Gasteiger partial charge on any atom is 0.243 e. The fourth-order valence-corrected chi connectivity index (χ4v) is 5.06. The molecule has 116 valence electrons. The van der Waals surface area contributed by atoms with Gasteiger partial charge in [0.15, 0.2) is 0 Å². The summed E-state index contributed by atoms with van der Waals surface area (Å²) in [4.78, 5) is 0.452. The van der Waals surface area contributed by atoms with Gasteiger partial charge in [-0.15, -0.1) is 0 Å². The summed E-state index contributed by atoms with van der Waals surface area (Å²) in [6.07, 6.45) is 4.11. The lowest BCUT2D eigenvalue weighted by atomic mass is 9.88. The second kappa shape index (κ2) is 5.71. The van der Waals surface area contributed by atoms with Gasteiger partial charge in [0, 0.05) is 13.1 Å². The molecule has 3 rings (SSSR count). The number of fused-ring (bicyclic) bond motifs is 1. The maximum atomic E-state index is 12.8. The van der Waals surface area contributed by atoms with Gasteiger partial charge in [-0.2, -0.15) is 4.31 Å². The van der Waals surface area contributed by atoms with Crippen LogP contribution in [0.3, 0.4) is 0 Å². The summed E-state index contributed by atoms with van der Waals surface area (Å²) in [6, 6.07) is 5.64. The van der Waals surface area contributed by atoms with Gasteiger partial charge < -0.3 is 5.73 Å². The zero-order chi connectivity index (χ0) is 15.0. The van der Waals surface area contributed by atoms with Crippen molar-refractivity contribution in [1.82, 2.24) is 4.31 Å². The summed E-state index contributed by atoms with van der Waals surface area (Å²) in [5.74, 6) is 0.768. The zero-order valence-corrected chi connectivity index (χ0v) is 13.4. The Labute approximate surface area is 127 Å². The van der Waals surface area contributed by atoms with E-state index in [0.29, 0.717) is 30.4 Å². The van der Waals surface area contributed by atoms with Gasteiger partial charge in [0.05, 0.1) is 4.90 Å². The zero-order valence-electron chi connectivity index (χ0n) is 12.6. The molecule has 1 fully saturated rings. The molecule has 1 aromatic rings. The number of benzene rings is 1. The third-order valence-electron chi connectivity index (χ3n) is 5.09. The minimum atomic E-state index is -3.37. The predicted molar refractivity (Wildman–Crippen MR) is 83.6 cm³/mol. The fourth-order valence-electron chi connectivity index (χ4n) is 3.50. The first-order chi connectivity index (χ1) is 10.0. The molecule has 0 aromatic heterocycles. The average molecular weight is 308 g/mol. The molecule has 0 amide bonds. The van der Waals surface area contributed by atoms with Crippen LogP contribution in [0.5, 0.6) is 0 Å². The Hall–Kier alpha value is -0.910. The number of nitrogens with zero attached hydrogens (tertiary/aromatic N) is 1. The van der Waals surface area contributed by atoms with Crippen LogP contribution in [-0.4, -0.2) is 32.4 Å². The highest BCUT2D eigenvalue weighted by Crippen LogP contribution is 2.30. The number of hydrogen-bond donors (Lipinski definition) is 1. The minimum Gasteiger partial charge on any atom is -0.330 e. The van der Waals surface area contributed by atoms with Crippen molar-refractivity contribution in [2.75, 3.05) is 19.6 Å². The predicted octanol–water partition coefficient (Wildman–Crippen LogP) is 1.78. The maximum absolute atomic E-state index is 12.8. The van der Waals surface area contributed by atoms with Crippen LogP contribution in [-0.2, 0) is 22.9 Å². The van der Waals surface area contributed by atoms with E-state index in [2.05, 4.69) is 6.92 Å². The third kappa shape index (κ3) is 2.74. The smallest absolute Gasteiger partial charge is 0.243 e. The normalized spacial score (nSPS) is 26.8. The Morgan fingerprint density at radius 2 is 2.05 bits per heavy atom. The van der Waals surface area contributed by atoms with Gasteiger partial charge in [0.1, 0.15) is 0 Å². The molecule has 2 N–H and O–H groups in total. The van der Waals surface area contributed by atoms with E-state index in [1.54, 1.807) is 10.4 Å². The van der Waals surface area contributed by atoms with Crippen LogP contribution in [0.25, 0.3) is 0 Å². The molecule has 21 heavy (non-hydrogen) atoms. The van der Waals surface area contributed by atoms with Crippen molar-refractivity contribution in [3.8, 4) is 0 Å². The van der Waals surface area contributed by atoms with Crippen molar-refractivity contribution in [2.45, 2.75) is 37.5 Å². The highest BCUT2D eigenvalue weighted by Gasteiger charge is 2.33. The van der Waals surface area contributed by atoms with Gasteiger partial charge in [-0.05, 0) is 67.3 Å². The van der Waals surface area contributed by atoms with Crippen LogP contribution in [0.1, 0.15) is 30.9 Å². The Balaban J connectivity index is 1.86. The Bertz CT molecular complexity index is 627. The highest BCUT2D eigenvalue weighted by molar-refractivity contribution is 7.89. The lowest BCUT2D eigenvalue weighted by Gasteiger charge is -2.35. The summed E-state index contributed by atoms with van der Waals surface area (Å²) < 4.78 is 27.3. The molecule has 1 heterocycles. The molecule has 4 nitrogen and oxygen atoms in total. The number of aryl methyl sites for hydroxylation is 2. The third-order valence-corrected chi connectivity index (χ3v) is 6.95. The molecular weight excluding hydrogens is 284 g/mol. The van der Waals surface area contributed by atoms with Gasteiger partial charge in [0.2, 0.25) is 10.0 Å². The average Bonchev–Trinajstić information content (AvgIpc) is 2.94. The van der Waals surface area contributed by atoms with Crippen LogP contribution in [0.15, 0.2) is 23.1 Å². The topological polar surface area (TPSA) is 63.4 Å². The Kier molecular flexibility index (Phi) is 4.08. The molecule has 2 aliphatic rings. The number of sulfonamides is 1. The summed E-state index contributed by atoms with van der Waals surface area (Å²) in [7, 11) is -3.37. The molecule has 1 aliphatic heterocycles. The van der Waals surface area contributed by atoms with Crippen LogP contribution < -0.4 is 5.73 Å². The van der Waals surface area contributed by atoms with E-state index in [4.69, 9.17) is 5.73 Å². The van der Waals surface area contributed by atoms with Gasteiger partial charge in [0.25, 0.3) is 0 Å². The van der Waals surface area contributed by atoms with Gasteiger partial charge in [-0.3, -0.25) is 0 Å². The molecule has 0 spiro atoms. The van der Waals surface area contributed by atoms with E-state index in [1.165, 1.54) is 11.1 Å². The summed E-state index contributed by atoms with van der Waals surface area (Å²) >= 11 is 0. The molecule has 1 saturated heterocycles. The Morgan fingerprint density at radius 3 is 2.81 bits per heavy atom. The number of piperidine rings is 1. The standard InChI is InChI=1S/C16H24N2O2S/c1-12-7-8-18(11-15(12)10-17)21(19,20)16-6-5-13-3-2-4-14(13)9-16/h5-6,9,12,15H,2-4,7-8,10-11,17H2,1H3. The van der Waals surface area contributed by atoms with Gasteiger partial charge >= 0.3 is 0 Å². The van der Waals surface area contributed by atoms with Crippen LogP contribution in [0.2, 0.25) is 0 Å². The van der Waals surface area contributed by atoms with Gasteiger partial charge in [-0.25, -0.2) is 8.42 Å². The van der Waals surface area contributed by atoms with Crippen molar-refractivity contribution >= 4 is 10.0 Å². The van der Waals surface area contributed by atoms with Crippen molar-refractivity contribution in [3.63, 3.8) is 0 Å². The van der Waals surface area contributed by atoms with Crippen LogP contribution >= 0.6 is 0 Å². The molecule has 1 aliphatic carbocycles. The molecule has 2 unspecified atom stereocenters. The van der Waals surface area contributed by atoms with Crippen molar-refractivity contribution in [1.29, 1.82) is 0 Å². The molecule has 2 atom stereocenters. The second-order valence-corrected chi connectivity index (χ2v) is 8.35. The number of hydrogen-bond acceptors (Lipinski definition) is 3. The van der Waals surface area contributed by atoms with E-state index in [-0.39, 0.29) is 5.92 Å². The van der Waals surface area contributed by atoms with Crippen molar-refractivity contribution in [2.24, 2.45) is 17.6 Å². The summed E-state index contributed by atoms with van der Waals surface area (Å²) in [6.45, 7) is 3.88. The van der Waals surface area contributed by atoms with E-state index >= 15 is 0 Å². The van der Waals surface area contributed by atoms with E-state index in [1.807, 2.05) is 12.1 Å². The quantitative estimate of drug-likeness (QED) is 0.926. The Morgan fingerprint density at radius 1 is 1.29 bits per heavy atom. The number of rotatable bonds is 3. The monoisotopic (exact) mass is 308 g/mol. The minimum absolute atomic E-state index is 0.267. The van der Waals surface area contributed by atoms with E-state index in [0.717, 1.165) is 25.7 Å². The molecule has 1 aromatic carbocycles. The van der Waals surface area contributed by atoms with Crippen LogP contribution in [0, 0.1) is 11.8 Å². The first-order valence-corrected chi connectivity index (χ1v) is 9.28. The summed E-state index contributed by atoms with van der Waals surface area (Å²) in [5.41, 5.74) is 8.30.